The van der Waals surface area contributed by atoms with Crippen molar-refractivity contribution in [3.05, 3.63) is 28.3 Å². The third-order valence-corrected chi connectivity index (χ3v) is 3.12. The average Bonchev–Trinajstić information content (AvgIpc) is 2.36. The lowest BCUT2D eigenvalue weighted by Crippen LogP contribution is -2.23. The van der Waals surface area contributed by atoms with Crippen LogP contribution in [0.15, 0.2) is 18.2 Å². The topological polar surface area (TPSA) is 99.0 Å². The smallest absolute Gasteiger partial charge is 0.311 e. The van der Waals surface area contributed by atoms with Crippen LogP contribution in [-0.2, 0) is 14.3 Å². The minimum Gasteiger partial charge on any atom is -0.490 e. The summed E-state index contributed by atoms with van der Waals surface area (Å²) in [4.78, 5) is 11.9. The van der Waals surface area contributed by atoms with Crippen LogP contribution in [0, 0.1) is 10.1 Å². The van der Waals surface area contributed by atoms with E-state index in [2.05, 4.69) is 4.18 Å². The number of nitro benzene ring substituents is 1. The molecule has 20 heavy (non-hydrogen) atoms. The van der Waals surface area contributed by atoms with Crippen LogP contribution >= 0.6 is 0 Å². The summed E-state index contributed by atoms with van der Waals surface area (Å²) < 4.78 is 31.3. The molecule has 0 heterocycles. The summed E-state index contributed by atoms with van der Waals surface area (Å²) in [5, 5.41) is 10.8. The van der Waals surface area contributed by atoms with Crippen molar-refractivity contribution in [1.82, 2.24) is 0 Å². The number of ether oxygens (including phenoxy) is 1. The van der Waals surface area contributed by atoms with E-state index < -0.39 is 15.0 Å². The third kappa shape index (κ3) is 4.67. The van der Waals surface area contributed by atoms with Crippen molar-refractivity contribution in [3.63, 3.8) is 0 Å². The predicted octanol–water partition coefficient (Wildman–Crippen LogP) is 1.02. The van der Waals surface area contributed by atoms with E-state index >= 15 is 0 Å². The first-order valence-electron chi connectivity index (χ1n) is 5.62. The van der Waals surface area contributed by atoms with E-state index in [1.54, 1.807) is 18.0 Å². The molecule has 0 radical (unpaired) electrons. The maximum absolute atomic E-state index is 10.8. The number of anilines is 1. The first kappa shape index (κ1) is 16.2. The van der Waals surface area contributed by atoms with Crippen LogP contribution in [0.3, 0.4) is 0 Å². The Bertz CT molecular complexity index is 587. The van der Waals surface area contributed by atoms with E-state index in [1.807, 2.05) is 0 Å². The molecule has 0 N–H and O–H groups in total. The van der Waals surface area contributed by atoms with Crippen molar-refractivity contribution < 1.29 is 22.3 Å². The molecule has 0 atom stereocenters. The van der Waals surface area contributed by atoms with Crippen molar-refractivity contribution in [1.29, 1.82) is 0 Å². The molecule has 9 heteroatoms. The summed E-state index contributed by atoms with van der Waals surface area (Å²) in [5.74, 6) is 0.142. The van der Waals surface area contributed by atoms with Gasteiger partial charge in [0.2, 0.25) is 0 Å². The van der Waals surface area contributed by atoms with Gasteiger partial charge in [0, 0.05) is 31.4 Å². The van der Waals surface area contributed by atoms with Crippen molar-refractivity contribution in [3.8, 4) is 5.75 Å². The molecule has 0 aliphatic carbocycles. The molecule has 0 aromatic heterocycles. The fourth-order valence-electron chi connectivity index (χ4n) is 1.51. The van der Waals surface area contributed by atoms with Gasteiger partial charge in [-0.25, -0.2) is 0 Å². The van der Waals surface area contributed by atoms with Gasteiger partial charge in [0.1, 0.15) is 0 Å². The van der Waals surface area contributed by atoms with E-state index in [9.17, 15) is 18.5 Å². The lowest BCUT2D eigenvalue weighted by atomic mass is 10.2. The number of hydrogen-bond acceptors (Lipinski definition) is 7. The number of rotatable bonds is 7. The average molecular weight is 304 g/mol. The quantitative estimate of drug-likeness (QED) is 0.421. The molecule has 0 bridgehead atoms. The SMILES string of the molecule is COc1cc(N(C)CCOS(C)(=O)=O)ccc1[N+](=O)[O-]. The maximum atomic E-state index is 10.8. The van der Waals surface area contributed by atoms with Gasteiger partial charge in [-0.15, -0.1) is 0 Å². The number of likely N-dealkylation sites (N-methyl/N-ethyl adjacent to an activating group) is 1. The van der Waals surface area contributed by atoms with Crippen molar-refractivity contribution >= 4 is 21.5 Å². The molecule has 0 amide bonds. The molecule has 1 aromatic carbocycles. The molecular formula is C11H16N2O6S. The van der Waals surface area contributed by atoms with E-state index in [4.69, 9.17) is 4.74 Å². The predicted molar refractivity (Wildman–Crippen MR) is 73.7 cm³/mol. The zero-order valence-electron chi connectivity index (χ0n) is 11.4. The number of nitro groups is 1. The first-order chi connectivity index (χ1) is 9.24. The summed E-state index contributed by atoms with van der Waals surface area (Å²) in [6, 6.07) is 4.40. The normalized spacial score (nSPS) is 11.2. The molecular weight excluding hydrogens is 288 g/mol. The van der Waals surface area contributed by atoms with E-state index in [1.165, 1.54) is 19.2 Å². The van der Waals surface area contributed by atoms with Crippen LogP contribution in [-0.4, -0.2) is 46.9 Å². The Morgan fingerprint density at radius 3 is 2.55 bits per heavy atom. The van der Waals surface area contributed by atoms with Gasteiger partial charge in [-0.2, -0.15) is 8.42 Å². The molecule has 0 aliphatic heterocycles. The minimum absolute atomic E-state index is 0.00532. The van der Waals surface area contributed by atoms with E-state index in [0.717, 1.165) is 6.26 Å². The standard InChI is InChI=1S/C11H16N2O6S/c1-12(6-7-19-20(3,16)17)9-4-5-10(13(14)15)11(8-9)18-2/h4-5,8H,6-7H2,1-3H3. The molecule has 0 fully saturated rings. The number of methoxy groups -OCH3 is 1. The van der Waals surface area contributed by atoms with E-state index in [-0.39, 0.29) is 18.0 Å². The maximum Gasteiger partial charge on any atom is 0.311 e. The lowest BCUT2D eigenvalue weighted by molar-refractivity contribution is -0.385. The Kier molecular flexibility index (Phi) is 5.28. The second kappa shape index (κ2) is 6.53. The summed E-state index contributed by atoms with van der Waals surface area (Å²) in [6.07, 6.45) is 0.974. The van der Waals surface area contributed by atoms with Gasteiger partial charge >= 0.3 is 5.69 Å². The zero-order chi connectivity index (χ0) is 15.3. The first-order valence-corrected chi connectivity index (χ1v) is 7.44. The Balaban J connectivity index is 2.78. The monoisotopic (exact) mass is 304 g/mol. The molecule has 1 rings (SSSR count). The summed E-state index contributed by atoms with van der Waals surface area (Å²) in [6.45, 7) is 0.308. The largest absolute Gasteiger partial charge is 0.490 e. The molecule has 1 aromatic rings. The molecule has 112 valence electrons. The van der Waals surface area contributed by atoms with Gasteiger partial charge < -0.3 is 9.64 Å². The number of hydrogen-bond donors (Lipinski definition) is 0. The van der Waals surface area contributed by atoms with Crippen LogP contribution in [0.5, 0.6) is 5.75 Å². The van der Waals surface area contributed by atoms with Gasteiger partial charge in [0.25, 0.3) is 10.1 Å². The Hall–Kier alpha value is -1.87. The Morgan fingerprint density at radius 1 is 1.40 bits per heavy atom. The van der Waals surface area contributed by atoms with Crippen molar-refractivity contribution in [2.24, 2.45) is 0 Å². The van der Waals surface area contributed by atoms with Crippen LogP contribution < -0.4 is 9.64 Å². The van der Waals surface area contributed by atoms with Crippen molar-refractivity contribution in [2.75, 3.05) is 38.5 Å². The van der Waals surface area contributed by atoms with Crippen LogP contribution in [0.1, 0.15) is 0 Å². The zero-order valence-corrected chi connectivity index (χ0v) is 12.2. The van der Waals surface area contributed by atoms with Crippen LogP contribution in [0.2, 0.25) is 0 Å². The van der Waals surface area contributed by atoms with Gasteiger partial charge in [0.15, 0.2) is 5.75 Å². The second-order valence-electron chi connectivity index (χ2n) is 4.06. The molecule has 0 aliphatic rings. The molecule has 0 saturated carbocycles. The van der Waals surface area contributed by atoms with Crippen LogP contribution in [0.4, 0.5) is 11.4 Å². The number of benzene rings is 1. The highest BCUT2D eigenvalue weighted by atomic mass is 32.2. The highest BCUT2D eigenvalue weighted by molar-refractivity contribution is 7.85. The number of nitrogens with zero attached hydrogens (tertiary/aromatic N) is 2. The fraction of sp³-hybridized carbons (Fsp3) is 0.455. The fourth-order valence-corrected chi connectivity index (χ4v) is 1.89. The van der Waals surface area contributed by atoms with Gasteiger partial charge in [0.05, 0.1) is 24.9 Å². The Morgan fingerprint density at radius 2 is 2.05 bits per heavy atom. The third-order valence-electron chi connectivity index (χ3n) is 2.52. The summed E-state index contributed by atoms with van der Waals surface area (Å²) >= 11 is 0. The second-order valence-corrected chi connectivity index (χ2v) is 5.70. The molecule has 0 saturated heterocycles. The van der Waals surface area contributed by atoms with Gasteiger partial charge in [-0.05, 0) is 6.07 Å². The highest BCUT2D eigenvalue weighted by Gasteiger charge is 2.16. The Labute approximate surface area is 117 Å². The van der Waals surface area contributed by atoms with Gasteiger partial charge in [-0.3, -0.25) is 14.3 Å². The molecule has 0 unspecified atom stereocenters. The summed E-state index contributed by atoms with van der Waals surface area (Å²) in [5.41, 5.74) is 0.529. The summed E-state index contributed by atoms with van der Waals surface area (Å²) in [7, 11) is -0.413. The minimum atomic E-state index is -3.47. The van der Waals surface area contributed by atoms with Crippen LogP contribution in [0.25, 0.3) is 0 Å². The molecule has 0 spiro atoms. The highest BCUT2D eigenvalue weighted by Crippen LogP contribution is 2.30. The van der Waals surface area contributed by atoms with Crippen molar-refractivity contribution in [2.45, 2.75) is 0 Å². The van der Waals surface area contributed by atoms with Gasteiger partial charge in [-0.1, -0.05) is 0 Å². The molecule has 8 nitrogen and oxygen atoms in total. The lowest BCUT2D eigenvalue weighted by Gasteiger charge is -2.19. The van der Waals surface area contributed by atoms with E-state index in [0.29, 0.717) is 12.2 Å².